The van der Waals surface area contributed by atoms with Crippen molar-refractivity contribution in [2.75, 3.05) is 27.8 Å². The summed E-state index contributed by atoms with van der Waals surface area (Å²) in [6, 6.07) is 12.7. The number of rotatable bonds is 9. The molecule has 0 aromatic heterocycles. The molecule has 0 spiro atoms. The number of benzene rings is 2. The van der Waals surface area contributed by atoms with Gasteiger partial charge in [0.25, 0.3) is 0 Å². The topological polar surface area (TPSA) is 64.1 Å². The van der Waals surface area contributed by atoms with Gasteiger partial charge in [-0.25, -0.2) is 0 Å². The van der Waals surface area contributed by atoms with E-state index < -0.39 is 6.61 Å². The molecule has 2 rings (SSSR count). The number of alkyl halides is 2. The molecule has 0 unspecified atom stereocenters. The number of aliphatic imine (C=N–C) groups is 1. The average Bonchev–Trinajstić information content (AvgIpc) is 2.70. The minimum atomic E-state index is -2.90. The van der Waals surface area contributed by atoms with E-state index in [2.05, 4.69) is 20.4 Å². The maximum Gasteiger partial charge on any atom is 0.387 e. The summed E-state index contributed by atoms with van der Waals surface area (Å²) in [7, 11) is 4.72. The first-order valence-electron chi connectivity index (χ1n) is 8.75. The number of para-hydroxylation sites is 1. The lowest BCUT2D eigenvalue weighted by Gasteiger charge is -2.14. The molecular weight excluding hydrogens is 368 g/mol. The van der Waals surface area contributed by atoms with Crippen LogP contribution in [0.25, 0.3) is 0 Å². The van der Waals surface area contributed by atoms with Crippen molar-refractivity contribution >= 4 is 5.96 Å². The molecule has 0 aliphatic rings. The zero-order chi connectivity index (χ0) is 20.4. The molecule has 2 aromatic rings. The normalized spacial score (nSPS) is 11.3. The van der Waals surface area contributed by atoms with E-state index >= 15 is 0 Å². The molecular formula is C20H25F2N3O3. The third kappa shape index (κ3) is 6.29. The minimum Gasteiger partial charge on any atom is -0.496 e. The number of ether oxygens (including phenoxy) is 3. The predicted octanol–water partition coefficient (Wildman–Crippen LogP) is 3.21. The van der Waals surface area contributed by atoms with E-state index in [4.69, 9.17) is 9.47 Å². The summed E-state index contributed by atoms with van der Waals surface area (Å²) in [5, 5.41) is 6.41. The monoisotopic (exact) mass is 393 g/mol. The molecule has 0 radical (unpaired) electrons. The second-order valence-electron chi connectivity index (χ2n) is 5.78. The maximum absolute atomic E-state index is 12.5. The zero-order valence-corrected chi connectivity index (χ0v) is 16.2. The highest BCUT2D eigenvalue weighted by Gasteiger charge is 2.11. The lowest BCUT2D eigenvalue weighted by Crippen LogP contribution is -2.37. The Kier molecular flexibility index (Phi) is 8.33. The Morgan fingerprint density at radius 2 is 1.75 bits per heavy atom. The van der Waals surface area contributed by atoms with Gasteiger partial charge in [0.2, 0.25) is 0 Å². The molecule has 8 heteroatoms. The van der Waals surface area contributed by atoms with E-state index in [0.29, 0.717) is 25.5 Å². The first kappa shape index (κ1) is 21.3. The maximum atomic E-state index is 12.5. The number of hydrogen-bond acceptors (Lipinski definition) is 4. The Bertz CT molecular complexity index is 785. The highest BCUT2D eigenvalue weighted by molar-refractivity contribution is 5.79. The van der Waals surface area contributed by atoms with Crippen molar-refractivity contribution in [1.82, 2.24) is 10.6 Å². The van der Waals surface area contributed by atoms with Crippen molar-refractivity contribution < 1.29 is 23.0 Å². The molecule has 28 heavy (non-hydrogen) atoms. The van der Waals surface area contributed by atoms with Gasteiger partial charge in [0.15, 0.2) is 17.5 Å². The molecule has 152 valence electrons. The van der Waals surface area contributed by atoms with Crippen LogP contribution in [0.15, 0.2) is 47.5 Å². The fraction of sp³-hybridized carbons (Fsp3) is 0.350. The summed E-state index contributed by atoms with van der Waals surface area (Å²) in [6.45, 7) is -1.79. The number of halogens is 2. The van der Waals surface area contributed by atoms with Crippen LogP contribution in [-0.2, 0) is 13.0 Å². The van der Waals surface area contributed by atoms with Gasteiger partial charge >= 0.3 is 6.61 Å². The Labute approximate surface area is 163 Å². The van der Waals surface area contributed by atoms with Crippen molar-refractivity contribution in [1.29, 1.82) is 0 Å². The Balaban J connectivity index is 1.88. The van der Waals surface area contributed by atoms with Gasteiger partial charge in [0.1, 0.15) is 5.75 Å². The van der Waals surface area contributed by atoms with Crippen LogP contribution < -0.4 is 24.8 Å². The SMILES string of the molecule is CN=C(NCCc1ccc(OC)c(OC(F)F)c1)NCc1ccccc1OC. The van der Waals surface area contributed by atoms with Gasteiger partial charge in [0, 0.05) is 25.7 Å². The lowest BCUT2D eigenvalue weighted by molar-refractivity contribution is -0.0512. The third-order valence-corrected chi connectivity index (χ3v) is 4.01. The molecule has 0 heterocycles. The Morgan fingerprint density at radius 3 is 2.43 bits per heavy atom. The van der Waals surface area contributed by atoms with E-state index in [1.807, 2.05) is 30.3 Å². The smallest absolute Gasteiger partial charge is 0.387 e. The van der Waals surface area contributed by atoms with Gasteiger partial charge in [-0.05, 0) is 30.2 Å². The van der Waals surface area contributed by atoms with Crippen molar-refractivity contribution in [3.63, 3.8) is 0 Å². The summed E-state index contributed by atoms with van der Waals surface area (Å²) in [6.07, 6.45) is 0.596. The number of nitrogens with zero attached hydrogens (tertiary/aromatic N) is 1. The number of guanidine groups is 1. The second-order valence-corrected chi connectivity index (χ2v) is 5.78. The molecule has 0 atom stereocenters. The number of nitrogens with one attached hydrogen (secondary N) is 2. The van der Waals surface area contributed by atoms with E-state index in [0.717, 1.165) is 16.9 Å². The fourth-order valence-corrected chi connectivity index (χ4v) is 2.64. The standard InChI is InChI=1S/C20H25F2N3O3/c1-23-20(25-13-15-6-4-5-7-16(15)26-2)24-11-10-14-8-9-17(27-3)18(12-14)28-19(21)22/h4-9,12,19H,10-11,13H2,1-3H3,(H2,23,24,25). The van der Waals surface area contributed by atoms with Crippen LogP contribution >= 0.6 is 0 Å². The molecule has 0 bridgehead atoms. The average molecular weight is 393 g/mol. The lowest BCUT2D eigenvalue weighted by atomic mass is 10.1. The zero-order valence-electron chi connectivity index (χ0n) is 16.2. The molecule has 0 saturated heterocycles. The molecule has 0 aliphatic carbocycles. The van der Waals surface area contributed by atoms with E-state index in [-0.39, 0.29) is 11.5 Å². The molecule has 2 N–H and O–H groups in total. The molecule has 0 saturated carbocycles. The van der Waals surface area contributed by atoms with Crippen LogP contribution in [0.4, 0.5) is 8.78 Å². The van der Waals surface area contributed by atoms with Gasteiger partial charge in [-0.3, -0.25) is 4.99 Å². The van der Waals surface area contributed by atoms with Gasteiger partial charge in [-0.2, -0.15) is 8.78 Å². The van der Waals surface area contributed by atoms with E-state index in [9.17, 15) is 8.78 Å². The predicted molar refractivity (Wildman–Crippen MR) is 105 cm³/mol. The fourth-order valence-electron chi connectivity index (χ4n) is 2.64. The van der Waals surface area contributed by atoms with Crippen molar-refractivity contribution in [3.05, 3.63) is 53.6 Å². The van der Waals surface area contributed by atoms with Gasteiger partial charge < -0.3 is 24.8 Å². The highest BCUT2D eigenvalue weighted by Crippen LogP contribution is 2.29. The highest BCUT2D eigenvalue weighted by atomic mass is 19.3. The van der Waals surface area contributed by atoms with E-state index in [1.165, 1.54) is 7.11 Å². The minimum absolute atomic E-state index is 0.0219. The summed E-state index contributed by atoms with van der Waals surface area (Å²) in [5.74, 6) is 1.72. The Morgan fingerprint density at radius 1 is 1.00 bits per heavy atom. The van der Waals surface area contributed by atoms with E-state index in [1.54, 1.807) is 26.3 Å². The first-order valence-corrected chi connectivity index (χ1v) is 8.75. The van der Waals surface area contributed by atoms with Crippen molar-refractivity contribution in [3.8, 4) is 17.2 Å². The summed E-state index contributed by atoms with van der Waals surface area (Å²) in [4.78, 5) is 4.18. The van der Waals surface area contributed by atoms with Crippen molar-refractivity contribution in [2.45, 2.75) is 19.6 Å². The molecule has 0 aliphatic heterocycles. The molecule has 0 amide bonds. The van der Waals surface area contributed by atoms with Gasteiger partial charge in [-0.15, -0.1) is 0 Å². The van der Waals surface area contributed by atoms with Crippen LogP contribution in [0.2, 0.25) is 0 Å². The van der Waals surface area contributed by atoms with Crippen LogP contribution in [0, 0.1) is 0 Å². The van der Waals surface area contributed by atoms with Crippen LogP contribution in [0.5, 0.6) is 17.2 Å². The van der Waals surface area contributed by atoms with Crippen LogP contribution in [-0.4, -0.2) is 40.4 Å². The van der Waals surface area contributed by atoms with Crippen LogP contribution in [0.1, 0.15) is 11.1 Å². The number of hydrogen-bond donors (Lipinski definition) is 2. The molecule has 2 aromatic carbocycles. The second kappa shape index (κ2) is 11.0. The largest absolute Gasteiger partial charge is 0.496 e. The first-order chi connectivity index (χ1) is 13.6. The summed E-state index contributed by atoms with van der Waals surface area (Å²) >= 11 is 0. The quantitative estimate of drug-likeness (QED) is 0.506. The summed E-state index contributed by atoms with van der Waals surface area (Å²) in [5.41, 5.74) is 1.85. The molecule has 6 nitrogen and oxygen atoms in total. The Hall–Kier alpha value is -3.03. The molecule has 0 fully saturated rings. The van der Waals surface area contributed by atoms with Crippen LogP contribution in [0.3, 0.4) is 0 Å². The van der Waals surface area contributed by atoms with Gasteiger partial charge in [-0.1, -0.05) is 24.3 Å². The number of methoxy groups -OCH3 is 2. The van der Waals surface area contributed by atoms with Gasteiger partial charge in [0.05, 0.1) is 14.2 Å². The third-order valence-electron chi connectivity index (χ3n) is 4.01. The summed E-state index contributed by atoms with van der Waals surface area (Å²) < 4.78 is 39.9. The van der Waals surface area contributed by atoms with Crippen molar-refractivity contribution in [2.24, 2.45) is 4.99 Å².